The highest BCUT2D eigenvalue weighted by Gasteiger charge is 2.43. The first-order valence-corrected chi connectivity index (χ1v) is 17.2. The van der Waals surface area contributed by atoms with Crippen LogP contribution in [-0.2, 0) is 5.41 Å². The number of hydrogen-bond donors (Lipinski definition) is 0. The molecule has 9 rings (SSSR count). The van der Waals surface area contributed by atoms with E-state index >= 15 is 0 Å². The van der Waals surface area contributed by atoms with Crippen LogP contribution < -0.4 is 0 Å². The Hall–Kier alpha value is -5.60. The quantitative estimate of drug-likeness (QED) is 0.192. The Labute approximate surface area is 282 Å². The van der Waals surface area contributed by atoms with E-state index in [9.17, 15) is 0 Å². The van der Waals surface area contributed by atoms with E-state index in [1.807, 2.05) is 24.3 Å². The predicted molar refractivity (Wildman–Crippen MR) is 199 cm³/mol. The van der Waals surface area contributed by atoms with Crippen molar-refractivity contribution in [3.05, 3.63) is 169 Å². The van der Waals surface area contributed by atoms with Crippen molar-refractivity contribution in [1.29, 1.82) is 0 Å². The third-order valence-corrected chi connectivity index (χ3v) is 10.5. The molecule has 230 valence electrons. The minimum Gasteiger partial charge on any atom is -0.228 e. The molecule has 48 heavy (non-hydrogen) atoms. The van der Waals surface area contributed by atoms with E-state index in [2.05, 4.69) is 133 Å². The first kappa shape index (κ1) is 28.6. The topological polar surface area (TPSA) is 25.8 Å². The van der Waals surface area contributed by atoms with Gasteiger partial charge in [-0.15, -0.1) is 0 Å². The minimum absolute atomic E-state index is 0.169. The highest BCUT2D eigenvalue weighted by Crippen LogP contribution is 2.56. The summed E-state index contributed by atoms with van der Waals surface area (Å²) in [7, 11) is 0. The average Bonchev–Trinajstić information content (AvgIpc) is 3.43. The van der Waals surface area contributed by atoms with Crippen LogP contribution in [0.4, 0.5) is 0 Å². The molecule has 2 aliphatic rings. The van der Waals surface area contributed by atoms with Crippen molar-refractivity contribution in [2.75, 3.05) is 0 Å². The van der Waals surface area contributed by atoms with E-state index in [1.54, 1.807) is 5.56 Å². The van der Waals surface area contributed by atoms with E-state index in [0.717, 1.165) is 33.9 Å². The van der Waals surface area contributed by atoms with Crippen molar-refractivity contribution in [3.63, 3.8) is 0 Å². The van der Waals surface area contributed by atoms with Crippen molar-refractivity contribution >= 4 is 0 Å². The Bertz CT molecular complexity index is 2190. The van der Waals surface area contributed by atoms with Crippen LogP contribution in [0.25, 0.3) is 67.3 Å². The summed E-state index contributed by atoms with van der Waals surface area (Å²) in [5.41, 5.74) is 16.0. The third-order valence-electron chi connectivity index (χ3n) is 10.5. The van der Waals surface area contributed by atoms with Gasteiger partial charge in [-0.05, 0) is 75.5 Å². The molecule has 0 unspecified atom stereocenters. The average molecular weight is 617 g/mol. The van der Waals surface area contributed by atoms with Crippen LogP contribution in [0.1, 0.15) is 43.2 Å². The second-order valence-electron chi connectivity index (χ2n) is 13.3. The number of aromatic nitrogens is 2. The second kappa shape index (κ2) is 11.9. The number of rotatable bonds is 5. The van der Waals surface area contributed by atoms with Gasteiger partial charge in [0, 0.05) is 22.1 Å². The lowest BCUT2D eigenvalue weighted by Crippen LogP contribution is -2.28. The Balaban J connectivity index is 1.06. The molecule has 1 aromatic heterocycles. The van der Waals surface area contributed by atoms with E-state index in [1.165, 1.54) is 71.0 Å². The maximum absolute atomic E-state index is 5.06. The summed E-state index contributed by atoms with van der Waals surface area (Å²) in [6.07, 6.45) is 6.47. The summed E-state index contributed by atoms with van der Waals surface area (Å²) < 4.78 is 0. The van der Waals surface area contributed by atoms with Crippen molar-refractivity contribution in [3.8, 4) is 67.3 Å². The van der Waals surface area contributed by atoms with E-state index in [0.29, 0.717) is 0 Å². The molecule has 2 aliphatic carbocycles. The van der Waals surface area contributed by atoms with Crippen molar-refractivity contribution in [2.24, 2.45) is 0 Å². The Morgan fingerprint density at radius 3 is 1.62 bits per heavy atom. The highest BCUT2D eigenvalue weighted by molar-refractivity contribution is 5.84. The molecule has 1 heterocycles. The van der Waals surface area contributed by atoms with Gasteiger partial charge in [-0.1, -0.05) is 159 Å². The first-order chi connectivity index (χ1) is 23.7. The molecule has 0 bridgehead atoms. The minimum atomic E-state index is 0.169. The fourth-order valence-corrected chi connectivity index (χ4v) is 8.11. The van der Waals surface area contributed by atoms with Crippen molar-refractivity contribution < 1.29 is 0 Å². The van der Waals surface area contributed by atoms with Gasteiger partial charge < -0.3 is 0 Å². The summed E-state index contributed by atoms with van der Waals surface area (Å²) in [6.45, 7) is 0. The Morgan fingerprint density at radius 2 is 0.896 bits per heavy atom. The molecule has 6 aromatic carbocycles. The van der Waals surface area contributed by atoms with Crippen molar-refractivity contribution in [1.82, 2.24) is 9.97 Å². The number of hydrogen-bond acceptors (Lipinski definition) is 2. The van der Waals surface area contributed by atoms with Gasteiger partial charge in [0.05, 0.1) is 11.4 Å². The monoisotopic (exact) mass is 616 g/mol. The van der Waals surface area contributed by atoms with Crippen LogP contribution in [0.3, 0.4) is 0 Å². The zero-order valence-electron chi connectivity index (χ0n) is 26.9. The molecule has 1 spiro atoms. The highest BCUT2D eigenvalue weighted by atomic mass is 14.9. The molecule has 1 fully saturated rings. The van der Waals surface area contributed by atoms with Crippen LogP contribution >= 0.6 is 0 Å². The lowest BCUT2D eigenvalue weighted by molar-refractivity contribution is 0.353. The molecule has 0 N–H and O–H groups in total. The molecule has 0 atom stereocenters. The third kappa shape index (κ3) is 4.96. The summed E-state index contributed by atoms with van der Waals surface area (Å²) in [5.74, 6) is 0.731. The molecule has 7 aromatic rings. The van der Waals surface area contributed by atoms with Gasteiger partial charge in [0.1, 0.15) is 0 Å². The molecular formula is C46H36N2. The fourth-order valence-electron chi connectivity index (χ4n) is 8.11. The Kier molecular flexibility index (Phi) is 7.08. The van der Waals surface area contributed by atoms with Gasteiger partial charge >= 0.3 is 0 Å². The van der Waals surface area contributed by atoms with Crippen molar-refractivity contribution in [2.45, 2.75) is 37.5 Å². The molecule has 2 heteroatoms. The van der Waals surface area contributed by atoms with E-state index < -0.39 is 0 Å². The maximum atomic E-state index is 5.06. The predicted octanol–water partition coefficient (Wildman–Crippen LogP) is 12.0. The standard InChI is InChI=1S/C46H36N2/c1-4-13-34(14-5-1)43-31-44(48-45(47-43)35-15-6-2-7-16-35)38-18-12-17-36(29-38)32-21-23-33(24-22-32)37-25-26-40-39-19-8-9-20-41(39)46(42(40)30-37)27-10-3-11-28-46/h1-2,4-9,12-26,29-31H,3,10-11,27-28H2. The van der Waals surface area contributed by atoms with Gasteiger partial charge in [0.25, 0.3) is 0 Å². The van der Waals surface area contributed by atoms with E-state index in [-0.39, 0.29) is 5.41 Å². The maximum Gasteiger partial charge on any atom is 0.160 e. The summed E-state index contributed by atoms with van der Waals surface area (Å²) in [5, 5.41) is 0. The number of fused-ring (bicyclic) bond motifs is 5. The van der Waals surface area contributed by atoms with Crippen LogP contribution in [0.5, 0.6) is 0 Å². The number of nitrogens with zero attached hydrogens (tertiary/aromatic N) is 2. The lowest BCUT2D eigenvalue weighted by atomic mass is 9.67. The normalized spacial score (nSPS) is 14.4. The van der Waals surface area contributed by atoms with Gasteiger partial charge in [-0.2, -0.15) is 0 Å². The molecule has 2 nitrogen and oxygen atoms in total. The molecular weight excluding hydrogens is 581 g/mol. The van der Waals surface area contributed by atoms with Crippen LogP contribution in [0, 0.1) is 0 Å². The Morgan fingerprint density at radius 1 is 0.354 bits per heavy atom. The van der Waals surface area contributed by atoms with Gasteiger partial charge in [0.2, 0.25) is 0 Å². The molecule has 0 amide bonds. The smallest absolute Gasteiger partial charge is 0.160 e. The van der Waals surface area contributed by atoms with Crippen LogP contribution in [0.15, 0.2) is 158 Å². The van der Waals surface area contributed by atoms with Crippen LogP contribution in [-0.4, -0.2) is 9.97 Å². The summed E-state index contributed by atoms with van der Waals surface area (Å²) >= 11 is 0. The summed E-state index contributed by atoms with van der Waals surface area (Å²) in [4.78, 5) is 10.0. The largest absolute Gasteiger partial charge is 0.228 e. The summed E-state index contributed by atoms with van der Waals surface area (Å²) in [6, 6.07) is 56.8. The SMILES string of the molecule is c1ccc(-c2cc(-c3cccc(-c4ccc(-c5ccc6c(c5)C5(CCCCC5)c5ccccc5-6)cc4)c3)nc(-c3ccccc3)n2)cc1. The number of benzene rings is 6. The molecule has 0 radical (unpaired) electrons. The van der Waals surface area contributed by atoms with Gasteiger partial charge in [0.15, 0.2) is 5.82 Å². The fraction of sp³-hybridized carbons (Fsp3) is 0.130. The van der Waals surface area contributed by atoms with E-state index in [4.69, 9.17) is 9.97 Å². The van der Waals surface area contributed by atoms with Gasteiger partial charge in [-0.3, -0.25) is 0 Å². The zero-order valence-corrected chi connectivity index (χ0v) is 26.9. The zero-order chi connectivity index (χ0) is 31.9. The lowest BCUT2D eigenvalue weighted by Gasteiger charge is -2.36. The van der Waals surface area contributed by atoms with Gasteiger partial charge in [-0.25, -0.2) is 9.97 Å². The molecule has 0 aliphatic heterocycles. The second-order valence-corrected chi connectivity index (χ2v) is 13.3. The van der Waals surface area contributed by atoms with Crippen LogP contribution in [0.2, 0.25) is 0 Å². The first-order valence-electron chi connectivity index (χ1n) is 17.2. The molecule has 1 saturated carbocycles. The molecule has 0 saturated heterocycles.